The summed E-state index contributed by atoms with van der Waals surface area (Å²) in [5.74, 6) is -2.90. The van der Waals surface area contributed by atoms with E-state index in [1.54, 1.807) is 48.5 Å². The van der Waals surface area contributed by atoms with Crippen LogP contribution >= 0.6 is 0 Å². The van der Waals surface area contributed by atoms with Crippen LogP contribution in [0.15, 0.2) is 77.7 Å². The van der Waals surface area contributed by atoms with E-state index in [0.717, 1.165) is 24.1 Å². The number of nitrogens with two attached hydrogens (primary N) is 1. The zero-order valence-corrected chi connectivity index (χ0v) is 22.8. The van der Waals surface area contributed by atoms with Crippen molar-refractivity contribution in [2.45, 2.75) is 42.3 Å². The van der Waals surface area contributed by atoms with E-state index in [1.165, 1.54) is 6.26 Å². The monoisotopic (exact) mass is 590 g/mol. The number of nitrogen functional groups attached to an aromatic ring is 1. The van der Waals surface area contributed by atoms with E-state index in [0.29, 0.717) is 29.7 Å². The molecule has 13 heteroatoms. The maximum absolute atomic E-state index is 13.4. The molecule has 0 heterocycles. The lowest BCUT2D eigenvalue weighted by Gasteiger charge is -2.30. The molecule has 0 bridgehead atoms. The second-order valence-electron chi connectivity index (χ2n) is 9.51. The molecule has 9 nitrogen and oxygen atoms in total. The van der Waals surface area contributed by atoms with Gasteiger partial charge >= 0.3 is 12.1 Å². The van der Waals surface area contributed by atoms with Gasteiger partial charge in [0.1, 0.15) is 11.4 Å². The van der Waals surface area contributed by atoms with Crippen LogP contribution in [0.5, 0.6) is 0 Å². The summed E-state index contributed by atoms with van der Waals surface area (Å²) in [6.07, 6.45) is -0.617. The van der Waals surface area contributed by atoms with Crippen molar-refractivity contribution in [3.8, 4) is 11.1 Å². The van der Waals surface area contributed by atoms with Crippen molar-refractivity contribution in [3.05, 3.63) is 78.4 Å². The summed E-state index contributed by atoms with van der Waals surface area (Å²) in [6.45, 7) is 0. The number of rotatable bonds is 7. The fourth-order valence-corrected chi connectivity index (χ4v) is 5.35. The molecule has 1 aliphatic rings. The Morgan fingerprint density at radius 3 is 2.07 bits per heavy atom. The minimum atomic E-state index is -5.08. The fraction of sp³-hybridized carbons (Fsp3) is 0.250. The molecule has 0 aliphatic heterocycles. The Bertz CT molecular complexity index is 1530. The lowest BCUT2D eigenvalue weighted by molar-refractivity contribution is -0.192. The number of carbonyl (C=O) groups is 2. The van der Waals surface area contributed by atoms with Gasteiger partial charge in [0.05, 0.1) is 4.90 Å². The minimum Gasteiger partial charge on any atom is -0.475 e. The lowest BCUT2D eigenvalue weighted by Crippen LogP contribution is -2.47. The second kappa shape index (κ2) is 12.4. The normalized spacial score (nSPS) is 14.3. The number of anilines is 2. The number of hydrogen-bond donors (Lipinski definition) is 5. The van der Waals surface area contributed by atoms with Crippen molar-refractivity contribution in [1.29, 1.82) is 5.41 Å². The maximum atomic E-state index is 13.4. The van der Waals surface area contributed by atoms with E-state index in [1.807, 2.05) is 24.3 Å². The van der Waals surface area contributed by atoms with Gasteiger partial charge in [-0.3, -0.25) is 10.2 Å². The smallest absolute Gasteiger partial charge is 0.475 e. The molecule has 0 atom stereocenters. The first-order chi connectivity index (χ1) is 19.1. The van der Waals surface area contributed by atoms with Crippen LogP contribution in [0.4, 0.5) is 24.5 Å². The van der Waals surface area contributed by atoms with E-state index >= 15 is 0 Å². The van der Waals surface area contributed by atoms with E-state index in [4.69, 9.17) is 21.0 Å². The molecule has 218 valence electrons. The van der Waals surface area contributed by atoms with Crippen molar-refractivity contribution >= 4 is 38.9 Å². The Kier molecular flexibility index (Phi) is 9.43. The number of amides is 1. The van der Waals surface area contributed by atoms with Gasteiger partial charge in [-0.15, -0.1) is 0 Å². The molecular formula is C28H29F3N4O5S. The molecule has 0 unspecified atom stereocenters. The number of amidine groups is 1. The first-order valence-corrected chi connectivity index (χ1v) is 14.3. The van der Waals surface area contributed by atoms with Crippen LogP contribution < -0.4 is 16.4 Å². The van der Waals surface area contributed by atoms with Gasteiger partial charge in [0.25, 0.3) is 0 Å². The van der Waals surface area contributed by atoms with Crippen molar-refractivity contribution in [2.24, 2.45) is 5.73 Å². The third-order valence-electron chi connectivity index (χ3n) is 6.43. The van der Waals surface area contributed by atoms with Gasteiger partial charge in [0, 0.05) is 28.8 Å². The molecule has 1 saturated carbocycles. The maximum Gasteiger partial charge on any atom is 0.490 e. The molecule has 3 aromatic rings. The van der Waals surface area contributed by atoms with E-state index in [-0.39, 0.29) is 16.6 Å². The van der Waals surface area contributed by atoms with Crippen LogP contribution in [0.25, 0.3) is 11.1 Å². The van der Waals surface area contributed by atoms with Crippen molar-refractivity contribution in [1.82, 2.24) is 0 Å². The Labute approximate surface area is 235 Å². The van der Waals surface area contributed by atoms with Gasteiger partial charge in [-0.25, -0.2) is 13.2 Å². The highest BCUT2D eigenvalue weighted by Gasteiger charge is 2.41. The highest BCUT2D eigenvalue weighted by Crippen LogP contribution is 2.35. The molecule has 4 rings (SSSR count). The SMILES string of the molecule is CS(=O)(=O)c1ccccc1-c1ccc(NC(=O)C2(Nc3cccc(C(=N)N)c3)CCCC2)cc1.O=C(O)C(F)(F)F. The van der Waals surface area contributed by atoms with Crippen molar-refractivity contribution in [3.63, 3.8) is 0 Å². The number of sulfone groups is 1. The summed E-state index contributed by atoms with van der Waals surface area (Å²) in [4.78, 5) is 22.5. The van der Waals surface area contributed by atoms with E-state index in [2.05, 4.69) is 10.6 Å². The number of benzene rings is 3. The van der Waals surface area contributed by atoms with E-state index in [9.17, 15) is 26.4 Å². The predicted octanol–water partition coefficient (Wildman–Crippen LogP) is 5.04. The van der Waals surface area contributed by atoms with Crippen molar-refractivity contribution in [2.75, 3.05) is 16.9 Å². The summed E-state index contributed by atoms with van der Waals surface area (Å²) >= 11 is 0. The van der Waals surface area contributed by atoms with Crippen LogP contribution in [0, 0.1) is 5.41 Å². The highest BCUT2D eigenvalue weighted by atomic mass is 32.2. The van der Waals surface area contributed by atoms with Gasteiger partial charge in [0.2, 0.25) is 5.91 Å². The quantitative estimate of drug-likeness (QED) is 0.190. The predicted molar refractivity (Wildman–Crippen MR) is 150 cm³/mol. The molecule has 1 fully saturated rings. The molecule has 1 amide bonds. The molecule has 6 N–H and O–H groups in total. The average Bonchev–Trinajstić information content (AvgIpc) is 3.38. The summed E-state index contributed by atoms with van der Waals surface area (Å²) in [7, 11) is -3.37. The molecule has 41 heavy (non-hydrogen) atoms. The first-order valence-electron chi connectivity index (χ1n) is 12.4. The Morgan fingerprint density at radius 1 is 0.951 bits per heavy atom. The Hall–Kier alpha value is -4.39. The standard InChI is InChI=1S/C26H28N4O3S.C2HF3O2/c1-34(32,33)23-10-3-2-9-22(23)18-11-13-20(14-12-18)29-25(31)26(15-4-5-16-26)30-21-8-6-7-19(17-21)24(27)28;3-2(4,5)1(6)7/h2-3,6-14,17,30H,4-5,15-16H2,1H3,(H3,27,28)(H,29,31);(H,6,7). The third kappa shape index (κ3) is 8.07. The van der Waals surface area contributed by atoms with Crippen LogP contribution in [0.3, 0.4) is 0 Å². The van der Waals surface area contributed by atoms with Gasteiger partial charge in [-0.1, -0.05) is 55.3 Å². The summed E-state index contributed by atoms with van der Waals surface area (Å²) in [5, 5.41) is 21.2. The number of carboxylic acid groups (broad SMARTS) is 1. The lowest BCUT2D eigenvalue weighted by atomic mass is 9.95. The number of hydrogen-bond acceptors (Lipinski definition) is 6. The minimum absolute atomic E-state index is 0.0221. The number of nitrogens with one attached hydrogen (secondary N) is 3. The molecule has 3 aromatic carbocycles. The van der Waals surface area contributed by atoms with Gasteiger partial charge in [0.15, 0.2) is 9.84 Å². The summed E-state index contributed by atoms with van der Waals surface area (Å²) in [6, 6.07) is 21.3. The topological polar surface area (TPSA) is 162 Å². The molecule has 1 aliphatic carbocycles. The molecule has 0 spiro atoms. The third-order valence-corrected chi connectivity index (χ3v) is 7.59. The zero-order valence-electron chi connectivity index (χ0n) is 22.0. The molecule has 0 radical (unpaired) electrons. The molecule has 0 saturated heterocycles. The number of aliphatic carboxylic acids is 1. The Balaban J connectivity index is 0.000000587. The van der Waals surface area contributed by atoms with E-state index < -0.39 is 27.5 Å². The average molecular weight is 591 g/mol. The van der Waals surface area contributed by atoms with Gasteiger partial charge < -0.3 is 21.5 Å². The van der Waals surface area contributed by atoms with Crippen LogP contribution in [-0.4, -0.2) is 49.2 Å². The van der Waals surface area contributed by atoms with Crippen LogP contribution in [-0.2, 0) is 19.4 Å². The largest absolute Gasteiger partial charge is 0.490 e. The fourth-order valence-electron chi connectivity index (χ4n) is 4.44. The molecule has 0 aromatic heterocycles. The molecular weight excluding hydrogens is 561 g/mol. The van der Waals surface area contributed by atoms with Crippen molar-refractivity contribution < 1.29 is 36.3 Å². The van der Waals surface area contributed by atoms with Crippen LogP contribution in [0.1, 0.15) is 31.2 Å². The number of halogens is 3. The summed E-state index contributed by atoms with van der Waals surface area (Å²) < 4.78 is 56.0. The Morgan fingerprint density at radius 2 is 1.54 bits per heavy atom. The first kappa shape index (κ1) is 31.1. The van der Waals surface area contributed by atoms with Gasteiger partial charge in [-0.2, -0.15) is 13.2 Å². The number of carboxylic acids is 1. The zero-order chi connectivity index (χ0) is 30.4. The highest BCUT2D eigenvalue weighted by molar-refractivity contribution is 7.90. The second-order valence-corrected chi connectivity index (χ2v) is 11.5. The summed E-state index contributed by atoms with van der Waals surface area (Å²) in [5.41, 5.74) is 8.23. The number of carbonyl (C=O) groups excluding carboxylic acids is 1. The van der Waals surface area contributed by atoms with Gasteiger partial charge in [-0.05, 0) is 48.7 Å². The van der Waals surface area contributed by atoms with Crippen LogP contribution in [0.2, 0.25) is 0 Å². The number of alkyl halides is 3.